The summed E-state index contributed by atoms with van der Waals surface area (Å²) >= 11 is 0. The van der Waals surface area contributed by atoms with Crippen LogP contribution < -0.4 is 10.6 Å². The van der Waals surface area contributed by atoms with Crippen molar-refractivity contribution in [2.24, 2.45) is 17.8 Å². The summed E-state index contributed by atoms with van der Waals surface area (Å²) in [5.74, 6) is 0.155. The maximum absolute atomic E-state index is 13.0. The largest absolute Gasteiger partial charge is 0.340 e. The third kappa shape index (κ3) is 4.03. The van der Waals surface area contributed by atoms with Gasteiger partial charge in [-0.1, -0.05) is 19.3 Å². The van der Waals surface area contributed by atoms with E-state index in [1.807, 2.05) is 4.90 Å². The van der Waals surface area contributed by atoms with Crippen LogP contribution in [0.1, 0.15) is 38.5 Å². The van der Waals surface area contributed by atoms with Crippen LogP contribution in [-0.4, -0.2) is 85.0 Å². The first kappa shape index (κ1) is 19.6. The SMILES string of the molecule is CN1C(=O)NC(=O)C2CC(C(=O)N3CCN(CC4CCCCC4)CC3)CNC21. The molecule has 4 aliphatic rings. The molecule has 3 saturated heterocycles. The maximum atomic E-state index is 13.0. The van der Waals surface area contributed by atoms with Crippen LogP contribution in [0.15, 0.2) is 0 Å². The van der Waals surface area contributed by atoms with Gasteiger partial charge in [0.1, 0.15) is 0 Å². The van der Waals surface area contributed by atoms with Crippen LogP contribution >= 0.6 is 0 Å². The van der Waals surface area contributed by atoms with Crippen LogP contribution in [0.2, 0.25) is 0 Å². The number of urea groups is 1. The van der Waals surface area contributed by atoms with Gasteiger partial charge in [0.25, 0.3) is 0 Å². The second kappa shape index (κ2) is 8.37. The summed E-state index contributed by atoms with van der Waals surface area (Å²) in [6.45, 7) is 5.16. The number of piperazine rings is 1. The number of imide groups is 1. The molecule has 0 aromatic carbocycles. The molecule has 4 fully saturated rings. The quantitative estimate of drug-likeness (QED) is 0.730. The molecule has 8 heteroatoms. The minimum absolute atomic E-state index is 0.149. The molecule has 3 aliphatic heterocycles. The molecule has 2 N–H and O–H groups in total. The lowest BCUT2D eigenvalue weighted by molar-refractivity contribution is -0.141. The van der Waals surface area contributed by atoms with Crippen molar-refractivity contribution in [3.8, 4) is 0 Å². The minimum Gasteiger partial charge on any atom is -0.340 e. The molecule has 3 heterocycles. The van der Waals surface area contributed by atoms with Crippen LogP contribution in [0.25, 0.3) is 0 Å². The lowest BCUT2D eigenvalue weighted by atomic mass is 9.85. The number of fused-ring (bicyclic) bond motifs is 1. The second-order valence-electron chi connectivity index (χ2n) is 8.93. The first-order valence-electron chi connectivity index (χ1n) is 10.8. The molecule has 4 rings (SSSR count). The zero-order chi connectivity index (χ0) is 19.7. The van der Waals surface area contributed by atoms with Crippen molar-refractivity contribution in [3.63, 3.8) is 0 Å². The number of rotatable bonds is 3. The van der Waals surface area contributed by atoms with Gasteiger partial charge in [-0.3, -0.25) is 25.1 Å². The summed E-state index contributed by atoms with van der Waals surface area (Å²) in [4.78, 5) is 43.0. The van der Waals surface area contributed by atoms with E-state index in [0.29, 0.717) is 13.0 Å². The minimum atomic E-state index is -0.377. The first-order chi connectivity index (χ1) is 13.5. The molecule has 3 atom stereocenters. The van der Waals surface area contributed by atoms with E-state index >= 15 is 0 Å². The van der Waals surface area contributed by atoms with Crippen molar-refractivity contribution in [2.75, 3.05) is 46.3 Å². The number of carbonyl (C=O) groups excluding carboxylic acids is 3. The van der Waals surface area contributed by atoms with Gasteiger partial charge >= 0.3 is 6.03 Å². The fraction of sp³-hybridized carbons (Fsp3) is 0.850. The molecule has 4 amide bonds. The van der Waals surface area contributed by atoms with Gasteiger partial charge in [-0.25, -0.2) is 4.79 Å². The van der Waals surface area contributed by atoms with Gasteiger partial charge in [-0.2, -0.15) is 0 Å². The van der Waals surface area contributed by atoms with Crippen molar-refractivity contribution in [2.45, 2.75) is 44.7 Å². The molecule has 0 bridgehead atoms. The highest BCUT2D eigenvalue weighted by atomic mass is 16.2. The van der Waals surface area contributed by atoms with Crippen LogP contribution in [-0.2, 0) is 9.59 Å². The Morgan fingerprint density at radius 2 is 1.79 bits per heavy atom. The number of carbonyl (C=O) groups is 3. The summed E-state index contributed by atoms with van der Waals surface area (Å²) in [6.07, 6.45) is 7.03. The van der Waals surface area contributed by atoms with Crippen molar-refractivity contribution < 1.29 is 14.4 Å². The molecule has 1 saturated carbocycles. The Morgan fingerprint density at radius 1 is 1.07 bits per heavy atom. The smallest absolute Gasteiger partial charge is 0.325 e. The fourth-order valence-corrected chi connectivity index (χ4v) is 5.33. The van der Waals surface area contributed by atoms with Crippen molar-refractivity contribution in [1.82, 2.24) is 25.3 Å². The number of nitrogens with one attached hydrogen (secondary N) is 2. The maximum Gasteiger partial charge on any atom is 0.325 e. The van der Waals surface area contributed by atoms with E-state index in [9.17, 15) is 14.4 Å². The molecule has 28 heavy (non-hydrogen) atoms. The van der Waals surface area contributed by atoms with E-state index in [1.165, 1.54) is 43.5 Å². The number of piperidine rings is 1. The van der Waals surface area contributed by atoms with Gasteiger partial charge in [0.05, 0.1) is 18.0 Å². The highest BCUT2D eigenvalue weighted by Gasteiger charge is 2.45. The first-order valence-corrected chi connectivity index (χ1v) is 10.8. The van der Waals surface area contributed by atoms with E-state index in [-0.39, 0.29) is 35.8 Å². The highest BCUT2D eigenvalue weighted by Crippen LogP contribution is 2.28. The monoisotopic (exact) mass is 391 g/mol. The van der Waals surface area contributed by atoms with E-state index in [4.69, 9.17) is 0 Å². The molecule has 3 unspecified atom stereocenters. The fourth-order valence-electron chi connectivity index (χ4n) is 5.33. The van der Waals surface area contributed by atoms with Crippen LogP contribution in [0, 0.1) is 17.8 Å². The van der Waals surface area contributed by atoms with Crippen LogP contribution in [0.3, 0.4) is 0 Å². The van der Waals surface area contributed by atoms with Gasteiger partial charge in [0, 0.05) is 46.3 Å². The Labute approximate surface area is 167 Å². The summed E-state index contributed by atoms with van der Waals surface area (Å²) < 4.78 is 0. The topological polar surface area (TPSA) is 85.0 Å². The van der Waals surface area contributed by atoms with E-state index < -0.39 is 0 Å². The third-order valence-corrected chi connectivity index (χ3v) is 7.07. The standard InChI is InChI=1S/C20H33N5O3/c1-23-17-16(18(26)22-20(23)28)11-15(12-21-17)19(27)25-9-7-24(8-10-25)13-14-5-3-2-4-6-14/h14-17,21H,2-13H2,1H3,(H,22,26,28). The van der Waals surface area contributed by atoms with Gasteiger partial charge < -0.3 is 9.80 Å². The van der Waals surface area contributed by atoms with Crippen LogP contribution in [0.4, 0.5) is 4.79 Å². The van der Waals surface area contributed by atoms with Crippen LogP contribution in [0.5, 0.6) is 0 Å². The average Bonchev–Trinajstić information content (AvgIpc) is 2.72. The summed E-state index contributed by atoms with van der Waals surface area (Å²) in [6, 6.07) is -0.377. The lowest BCUT2D eigenvalue weighted by Crippen LogP contribution is -2.67. The Hall–Kier alpha value is -1.67. The molecular formula is C20H33N5O3. The van der Waals surface area contributed by atoms with Crippen molar-refractivity contribution in [3.05, 3.63) is 0 Å². The molecule has 0 radical (unpaired) electrons. The zero-order valence-electron chi connectivity index (χ0n) is 16.9. The zero-order valence-corrected chi connectivity index (χ0v) is 16.9. The third-order valence-electron chi connectivity index (χ3n) is 7.07. The number of amides is 4. The molecule has 0 spiro atoms. The van der Waals surface area contributed by atoms with E-state index in [1.54, 1.807) is 7.05 Å². The number of hydrogen-bond donors (Lipinski definition) is 2. The summed E-state index contributed by atoms with van der Waals surface area (Å²) in [5.41, 5.74) is 0. The highest BCUT2D eigenvalue weighted by molar-refractivity contribution is 5.98. The Balaban J connectivity index is 1.27. The normalized spacial score (nSPS) is 32.8. The van der Waals surface area contributed by atoms with Gasteiger partial charge in [0.15, 0.2) is 0 Å². The summed E-state index contributed by atoms with van der Waals surface area (Å²) in [7, 11) is 1.68. The molecule has 0 aromatic rings. The molecule has 8 nitrogen and oxygen atoms in total. The molecule has 156 valence electrons. The second-order valence-corrected chi connectivity index (χ2v) is 8.93. The summed E-state index contributed by atoms with van der Waals surface area (Å²) in [5, 5.41) is 5.64. The number of nitrogens with zero attached hydrogens (tertiary/aromatic N) is 3. The lowest BCUT2D eigenvalue weighted by Gasteiger charge is -2.45. The molecule has 0 aromatic heterocycles. The Kier molecular flexibility index (Phi) is 5.87. The van der Waals surface area contributed by atoms with E-state index in [0.717, 1.165) is 32.1 Å². The average molecular weight is 392 g/mol. The molecular weight excluding hydrogens is 358 g/mol. The number of hydrogen-bond acceptors (Lipinski definition) is 5. The Morgan fingerprint density at radius 3 is 2.50 bits per heavy atom. The molecule has 1 aliphatic carbocycles. The van der Waals surface area contributed by atoms with Crippen molar-refractivity contribution in [1.29, 1.82) is 0 Å². The van der Waals surface area contributed by atoms with Gasteiger partial charge in [-0.05, 0) is 25.2 Å². The Bertz CT molecular complexity index is 613. The van der Waals surface area contributed by atoms with E-state index in [2.05, 4.69) is 15.5 Å². The predicted molar refractivity (Wildman–Crippen MR) is 104 cm³/mol. The van der Waals surface area contributed by atoms with Gasteiger partial charge in [0.2, 0.25) is 11.8 Å². The predicted octanol–water partition coefficient (Wildman–Crippen LogP) is 0.444. The van der Waals surface area contributed by atoms with Crippen molar-refractivity contribution >= 4 is 17.8 Å². The van der Waals surface area contributed by atoms with Gasteiger partial charge in [-0.15, -0.1) is 0 Å².